The largest absolute Gasteiger partial charge is 0.456 e. The van der Waals surface area contributed by atoms with Gasteiger partial charge in [0.05, 0.1) is 0 Å². The standard InChI is InChI=1S/C55H33N5O2.C2H6/c1-5-14-34(15-6-1)35-24-26-39(27-25-35)54-58-53(38-20-11-4-12-21-38)59-55(60-54)43-22-13-23-46-48(43)44-32-40(29-31-45(44)61-46)41-28-30-42-47(33-41)62-51-49(36-16-7-2-8-17-36)56-52(57-50(42)51)37-18-9-3-10-19-37;1-2/h1-33H;1-2H3. The van der Waals surface area contributed by atoms with Crippen LogP contribution in [0.2, 0.25) is 0 Å². The van der Waals surface area contributed by atoms with Crippen LogP contribution in [-0.4, -0.2) is 24.9 Å². The zero-order chi connectivity index (χ0) is 43.0. The van der Waals surface area contributed by atoms with E-state index in [0.717, 1.165) is 94.2 Å². The molecule has 12 aromatic rings. The van der Waals surface area contributed by atoms with Crippen LogP contribution in [0.4, 0.5) is 0 Å². The molecule has 0 radical (unpaired) electrons. The molecule has 0 saturated carbocycles. The Morgan fingerprint density at radius 3 is 1.47 bits per heavy atom. The third-order valence-electron chi connectivity index (χ3n) is 11.4. The summed E-state index contributed by atoms with van der Waals surface area (Å²) in [6, 6.07) is 67.6. The fourth-order valence-electron chi connectivity index (χ4n) is 8.31. The predicted octanol–water partition coefficient (Wildman–Crippen LogP) is 15.2. The van der Waals surface area contributed by atoms with Crippen LogP contribution in [-0.2, 0) is 0 Å². The Hall–Kier alpha value is -8.55. The summed E-state index contributed by atoms with van der Waals surface area (Å²) < 4.78 is 13.2. The van der Waals surface area contributed by atoms with Crippen molar-refractivity contribution in [1.82, 2.24) is 24.9 Å². The molecule has 0 atom stereocenters. The van der Waals surface area contributed by atoms with E-state index in [1.54, 1.807) is 0 Å². The first-order valence-corrected chi connectivity index (χ1v) is 21.5. The van der Waals surface area contributed by atoms with Gasteiger partial charge in [-0.3, -0.25) is 0 Å². The van der Waals surface area contributed by atoms with Crippen LogP contribution in [0, 0.1) is 0 Å². The summed E-state index contributed by atoms with van der Waals surface area (Å²) in [5.74, 6) is 2.40. The van der Waals surface area contributed by atoms with Crippen LogP contribution in [0.5, 0.6) is 0 Å². The first-order chi connectivity index (χ1) is 31.7. The van der Waals surface area contributed by atoms with Crippen molar-refractivity contribution in [2.75, 3.05) is 0 Å². The molecule has 0 aliphatic rings. The van der Waals surface area contributed by atoms with Gasteiger partial charge in [0.2, 0.25) is 0 Å². The van der Waals surface area contributed by atoms with Crippen LogP contribution in [0.1, 0.15) is 13.8 Å². The summed E-state index contributed by atoms with van der Waals surface area (Å²) >= 11 is 0. The predicted molar refractivity (Wildman–Crippen MR) is 259 cm³/mol. The number of hydrogen-bond donors (Lipinski definition) is 0. The molecular formula is C57H39N5O2. The molecule has 0 spiro atoms. The van der Waals surface area contributed by atoms with Gasteiger partial charge >= 0.3 is 0 Å². The van der Waals surface area contributed by atoms with Gasteiger partial charge < -0.3 is 8.83 Å². The average Bonchev–Trinajstić information content (AvgIpc) is 3.95. The highest BCUT2D eigenvalue weighted by molar-refractivity contribution is 6.13. The van der Waals surface area contributed by atoms with Crippen LogP contribution in [0.3, 0.4) is 0 Å². The fourth-order valence-corrected chi connectivity index (χ4v) is 8.31. The van der Waals surface area contributed by atoms with E-state index >= 15 is 0 Å². The van der Waals surface area contributed by atoms with Crippen molar-refractivity contribution in [3.8, 4) is 79.1 Å². The van der Waals surface area contributed by atoms with Gasteiger partial charge in [0.25, 0.3) is 0 Å². The third kappa shape index (κ3) is 6.95. The molecule has 4 heterocycles. The SMILES string of the molecule is CC.c1ccc(-c2ccc(-c3nc(-c4ccccc4)nc(-c4cccc5oc6ccc(-c7ccc8c(c7)oc7c(-c9ccccc9)nc(-c9ccccc9)nc78)cc6c45)n3)cc2)cc1. The molecule has 64 heavy (non-hydrogen) atoms. The number of benzene rings is 8. The van der Waals surface area contributed by atoms with Gasteiger partial charge in [0.1, 0.15) is 28.0 Å². The molecule has 0 fully saturated rings. The van der Waals surface area contributed by atoms with Gasteiger partial charge in [-0.15, -0.1) is 0 Å². The first kappa shape index (κ1) is 38.4. The summed E-state index contributed by atoms with van der Waals surface area (Å²) in [5.41, 5.74) is 13.3. The van der Waals surface area contributed by atoms with Crippen LogP contribution >= 0.6 is 0 Å². The summed E-state index contributed by atoms with van der Waals surface area (Å²) in [6.45, 7) is 4.00. The molecule has 7 nitrogen and oxygen atoms in total. The van der Waals surface area contributed by atoms with Crippen LogP contribution in [0.25, 0.3) is 123 Å². The van der Waals surface area contributed by atoms with Crippen molar-refractivity contribution >= 4 is 44.0 Å². The molecular weight excluding hydrogens is 787 g/mol. The second kappa shape index (κ2) is 16.4. The topological polar surface area (TPSA) is 90.7 Å². The molecule has 0 unspecified atom stereocenters. The molecule has 0 bridgehead atoms. The Morgan fingerprint density at radius 2 is 0.812 bits per heavy atom. The Balaban J connectivity index is 0.00000225. The number of hydrogen-bond acceptors (Lipinski definition) is 7. The summed E-state index contributed by atoms with van der Waals surface area (Å²) in [5, 5.41) is 2.81. The van der Waals surface area contributed by atoms with E-state index in [1.807, 2.05) is 117 Å². The number of nitrogens with zero attached hydrogens (tertiary/aromatic N) is 5. The molecule has 4 aromatic heterocycles. The molecule has 0 N–H and O–H groups in total. The minimum atomic E-state index is 0.564. The zero-order valence-corrected chi connectivity index (χ0v) is 35.1. The average molecular weight is 826 g/mol. The Morgan fingerprint density at radius 1 is 0.312 bits per heavy atom. The molecule has 0 saturated heterocycles. The van der Waals surface area contributed by atoms with E-state index in [0.29, 0.717) is 28.9 Å². The van der Waals surface area contributed by atoms with Crippen molar-refractivity contribution in [3.63, 3.8) is 0 Å². The maximum Gasteiger partial charge on any atom is 0.180 e. The van der Waals surface area contributed by atoms with E-state index in [-0.39, 0.29) is 0 Å². The molecule has 0 aliphatic carbocycles. The zero-order valence-electron chi connectivity index (χ0n) is 35.1. The van der Waals surface area contributed by atoms with Crippen molar-refractivity contribution in [3.05, 3.63) is 200 Å². The highest BCUT2D eigenvalue weighted by atomic mass is 16.3. The number of fused-ring (bicyclic) bond motifs is 6. The smallest absolute Gasteiger partial charge is 0.180 e. The maximum absolute atomic E-state index is 6.67. The summed E-state index contributed by atoms with van der Waals surface area (Å²) in [7, 11) is 0. The first-order valence-electron chi connectivity index (χ1n) is 21.5. The van der Waals surface area contributed by atoms with Gasteiger partial charge in [0, 0.05) is 44.0 Å². The second-order valence-corrected chi connectivity index (χ2v) is 15.2. The molecule has 7 heteroatoms. The second-order valence-electron chi connectivity index (χ2n) is 15.2. The van der Waals surface area contributed by atoms with Gasteiger partial charge in [-0.1, -0.05) is 184 Å². The molecule has 0 amide bonds. The van der Waals surface area contributed by atoms with E-state index in [4.69, 9.17) is 33.8 Å². The lowest BCUT2D eigenvalue weighted by Crippen LogP contribution is -2.00. The molecule has 8 aromatic carbocycles. The molecule has 304 valence electrons. The molecule has 0 aliphatic heterocycles. The summed E-state index contributed by atoms with van der Waals surface area (Å²) in [4.78, 5) is 25.4. The van der Waals surface area contributed by atoms with E-state index < -0.39 is 0 Å². The third-order valence-corrected chi connectivity index (χ3v) is 11.4. The van der Waals surface area contributed by atoms with Crippen molar-refractivity contribution in [2.45, 2.75) is 13.8 Å². The normalized spacial score (nSPS) is 11.3. The lowest BCUT2D eigenvalue weighted by atomic mass is 9.99. The number of rotatable bonds is 7. The monoisotopic (exact) mass is 825 g/mol. The minimum Gasteiger partial charge on any atom is -0.456 e. The van der Waals surface area contributed by atoms with Gasteiger partial charge in [-0.25, -0.2) is 24.9 Å². The van der Waals surface area contributed by atoms with Gasteiger partial charge in [0.15, 0.2) is 28.9 Å². The number of aromatic nitrogens is 5. The molecule has 12 rings (SSSR count). The van der Waals surface area contributed by atoms with Gasteiger partial charge in [-0.2, -0.15) is 0 Å². The minimum absolute atomic E-state index is 0.564. The van der Waals surface area contributed by atoms with E-state index in [2.05, 4.69) is 97.1 Å². The highest BCUT2D eigenvalue weighted by Gasteiger charge is 2.21. The fraction of sp³-hybridized carbons (Fsp3) is 0.0351. The van der Waals surface area contributed by atoms with Gasteiger partial charge in [-0.05, 0) is 52.6 Å². The number of furan rings is 2. The van der Waals surface area contributed by atoms with E-state index in [1.165, 1.54) is 0 Å². The van der Waals surface area contributed by atoms with E-state index in [9.17, 15) is 0 Å². The van der Waals surface area contributed by atoms with Crippen LogP contribution < -0.4 is 0 Å². The van der Waals surface area contributed by atoms with Crippen LogP contribution in [0.15, 0.2) is 209 Å². The Kier molecular flexibility index (Phi) is 9.82. The quantitative estimate of drug-likeness (QED) is 0.158. The lowest BCUT2D eigenvalue weighted by molar-refractivity contribution is 0.667. The van der Waals surface area contributed by atoms with Crippen molar-refractivity contribution < 1.29 is 8.83 Å². The Bertz CT molecular complexity index is 3610. The maximum atomic E-state index is 6.67. The lowest BCUT2D eigenvalue weighted by Gasteiger charge is -2.10. The summed E-state index contributed by atoms with van der Waals surface area (Å²) in [6.07, 6.45) is 0. The highest BCUT2D eigenvalue weighted by Crippen LogP contribution is 2.41. The van der Waals surface area contributed by atoms with Crippen molar-refractivity contribution in [2.24, 2.45) is 0 Å². The van der Waals surface area contributed by atoms with Crippen molar-refractivity contribution in [1.29, 1.82) is 0 Å². The Labute approximate surface area is 369 Å².